The van der Waals surface area contributed by atoms with Crippen LogP contribution in [0.25, 0.3) is 0 Å². The fourth-order valence-corrected chi connectivity index (χ4v) is 14.2. The maximum Gasteiger partial charge on any atom is 0.410 e. The fourth-order valence-electron chi connectivity index (χ4n) is 14.2. The van der Waals surface area contributed by atoms with Gasteiger partial charge in [-0.2, -0.15) is 0 Å². The quantitative estimate of drug-likeness (QED) is 0.249. The highest BCUT2D eigenvalue weighted by atomic mass is 16.7. The Bertz CT molecular complexity index is 1350. The molecule has 9 nitrogen and oxygen atoms in total. The number of methoxy groups -OCH3 is 1. The SMILES string of the molecule is COC(C[C@@H](C)[C@H]1C[C@H](O)[C@@]2(C)C3CCC4C(C)(C)[C@@H](O[C@H]5CN(C(=O)C(C)C)CCO5)CC[C@@]45CC35CC[C@]12C)[C@H](OC(=O)N1CCC1)C(C)C. The van der Waals surface area contributed by atoms with Gasteiger partial charge in [0.2, 0.25) is 5.91 Å². The van der Waals surface area contributed by atoms with Gasteiger partial charge in [-0.3, -0.25) is 4.79 Å². The number of fused-ring (bicyclic) bond motifs is 2. The van der Waals surface area contributed by atoms with Crippen molar-refractivity contribution >= 4 is 12.0 Å². The van der Waals surface area contributed by atoms with Crippen LogP contribution in [-0.4, -0.2) is 97.5 Å². The number of rotatable bonds is 10. The molecule has 7 rings (SSSR count). The smallest absolute Gasteiger partial charge is 0.410 e. The molecule has 2 heterocycles. The van der Waals surface area contributed by atoms with Gasteiger partial charge in [0.15, 0.2) is 6.29 Å². The summed E-state index contributed by atoms with van der Waals surface area (Å²) in [7, 11) is 1.76. The lowest BCUT2D eigenvalue weighted by Gasteiger charge is -2.64. The number of aliphatic hydroxyl groups excluding tert-OH is 1. The van der Waals surface area contributed by atoms with E-state index in [0.717, 1.165) is 45.2 Å². The van der Waals surface area contributed by atoms with Crippen LogP contribution in [0.3, 0.4) is 0 Å². The van der Waals surface area contributed by atoms with Gasteiger partial charge < -0.3 is 33.9 Å². The van der Waals surface area contributed by atoms with E-state index in [9.17, 15) is 14.7 Å². The summed E-state index contributed by atoms with van der Waals surface area (Å²) < 4.78 is 25.2. The van der Waals surface area contributed by atoms with E-state index in [-0.39, 0.29) is 70.8 Å². The summed E-state index contributed by atoms with van der Waals surface area (Å²) >= 11 is 0. The molecule has 9 heteroatoms. The molecule has 7 fully saturated rings. The van der Waals surface area contributed by atoms with Gasteiger partial charge in [-0.25, -0.2) is 4.79 Å². The van der Waals surface area contributed by atoms with E-state index in [2.05, 4.69) is 48.5 Å². The fraction of sp³-hybridized carbons (Fsp3) is 0.953. The summed E-state index contributed by atoms with van der Waals surface area (Å²) in [4.78, 5) is 29.4. The molecule has 0 bridgehead atoms. The predicted octanol–water partition coefficient (Wildman–Crippen LogP) is 7.53. The number of hydrogen-bond donors (Lipinski definition) is 1. The van der Waals surface area contributed by atoms with Crippen LogP contribution in [0.1, 0.15) is 127 Å². The number of hydrogen-bond acceptors (Lipinski definition) is 7. The van der Waals surface area contributed by atoms with Gasteiger partial charge in [-0.05, 0) is 115 Å². The lowest BCUT2D eigenvalue weighted by Crippen LogP contribution is -2.60. The molecule has 52 heavy (non-hydrogen) atoms. The van der Waals surface area contributed by atoms with Crippen LogP contribution in [0, 0.1) is 62.6 Å². The first-order valence-electron chi connectivity index (χ1n) is 21.2. The standard InChI is InChI=1S/C43H72N2O7/c1-26(2)36(52-38(48)44-18-11-19-44)30(49-10)22-28(5)29-23-33(46)41(9)32-13-12-31-39(6,7)34(51-35-24-45(20-21-50-35)37(47)27(3)4)14-15-42(31)25-43(32,42)17-16-40(29,41)8/h26-36,46H,11-25H2,1-10H3/t28-,29-,30?,31?,32?,33+,34+,35+,36-,40-,41-,42-,43?/m1/s1. The van der Waals surface area contributed by atoms with Gasteiger partial charge in [0, 0.05) is 38.1 Å². The summed E-state index contributed by atoms with van der Waals surface area (Å²) in [5, 5.41) is 12.3. The topological polar surface area (TPSA) is 97.8 Å². The molecule has 2 spiro atoms. The van der Waals surface area contributed by atoms with Crippen molar-refractivity contribution in [2.45, 2.75) is 157 Å². The Kier molecular flexibility index (Phi) is 10.2. The molecule has 5 aliphatic carbocycles. The van der Waals surface area contributed by atoms with Crippen LogP contribution in [0.15, 0.2) is 0 Å². The number of likely N-dealkylation sites (tertiary alicyclic amines) is 1. The average molecular weight is 729 g/mol. The van der Waals surface area contributed by atoms with Crippen molar-refractivity contribution in [3.05, 3.63) is 0 Å². The molecule has 0 aromatic heterocycles. The second-order valence-corrected chi connectivity index (χ2v) is 20.4. The van der Waals surface area contributed by atoms with Crippen molar-refractivity contribution < 1.29 is 33.6 Å². The molecule has 0 aromatic carbocycles. The predicted molar refractivity (Wildman–Crippen MR) is 200 cm³/mol. The van der Waals surface area contributed by atoms with Gasteiger partial charge in [0.1, 0.15) is 6.10 Å². The Labute approximate surface area is 314 Å². The third kappa shape index (κ3) is 5.73. The molecular weight excluding hydrogens is 656 g/mol. The van der Waals surface area contributed by atoms with E-state index in [1.165, 1.54) is 32.1 Å². The number of aliphatic hydroxyl groups is 1. The lowest BCUT2D eigenvalue weighted by molar-refractivity contribution is -0.248. The summed E-state index contributed by atoms with van der Waals surface area (Å²) in [5.41, 5.74) is 0.533. The lowest BCUT2D eigenvalue weighted by atomic mass is 9.41. The van der Waals surface area contributed by atoms with E-state index in [0.29, 0.717) is 54.2 Å². The van der Waals surface area contributed by atoms with Crippen LogP contribution < -0.4 is 0 Å². The number of carbonyl (C=O) groups is 2. The molecule has 2 saturated heterocycles. The van der Waals surface area contributed by atoms with Crippen molar-refractivity contribution in [1.29, 1.82) is 0 Å². The van der Waals surface area contributed by atoms with E-state index in [1.807, 2.05) is 18.7 Å². The third-order valence-corrected chi connectivity index (χ3v) is 17.3. The van der Waals surface area contributed by atoms with Crippen LogP contribution in [0.2, 0.25) is 0 Å². The summed E-state index contributed by atoms with van der Waals surface area (Å²) in [5.74, 6) is 2.13. The Morgan fingerprint density at radius 1 is 0.904 bits per heavy atom. The van der Waals surface area contributed by atoms with Crippen LogP contribution >= 0.6 is 0 Å². The molecule has 7 aliphatic rings. The highest BCUT2D eigenvalue weighted by molar-refractivity contribution is 5.78. The Morgan fingerprint density at radius 2 is 1.60 bits per heavy atom. The maximum absolute atomic E-state index is 12.9. The first-order chi connectivity index (χ1) is 24.5. The molecule has 0 aromatic rings. The zero-order valence-corrected chi connectivity index (χ0v) is 34.2. The second-order valence-electron chi connectivity index (χ2n) is 20.4. The van der Waals surface area contributed by atoms with Gasteiger partial charge >= 0.3 is 6.09 Å². The monoisotopic (exact) mass is 729 g/mol. The Morgan fingerprint density at radius 3 is 2.23 bits per heavy atom. The molecular formula is C43H72N2O7. The minimum Gasteiger partial charge on any atom is -0.443 e. The number of carbonyl (C=O) groups excluding carboxylic acids is 2. The van der Waals surface area contributed by atoms with Gasteiger partial charge in [0.05, 0.1) is 31.5 Å². The molecule has 1 N–H and O–H groups in total. The molecule has 296 valence electrons. The molecule has 2 aliphatic heterocycles. The minimum absolute atomic E-state index is 0.00856. The first-order valence-corrected chi connectivity index (χ1v) is 21.2. The highest BCUT2D eigenvalue weighted by Crippen LogP contribution is 2.89. The zero-order valence-electron chi connectivity index (χ0n) is 34.2. The molecule has 2 amide bonds. The summed E-state index contributed by atoms with van der Waals surface area (Å²) in [6, 6.07) is 0. The molecule has 4 unspecified atom stereocenters. The average Bonchev–Trinajstić information content (AvgIpc) is 3.69. The zero-order chi connectivity index (χ0) is 37.6. The van der Waals surface area contributed by atoms with Crippen molar-refractivity contribution in [1.82, 2.24) is 9.80 Å². The number of nitrogens with zero attached hydrogens (tertiary/aromatic N) is 2. The first kappa shape index (κ1) is 38.8. The maximum atomic E-state index is 12.9. The van der Waals surface area contributed by atoms with Crippen LogP contribution in [0.5, 0.6) is 0 Å². The number of morpholine rings is 1. The Hall–Kier alpha value is -1.42. The second kappa shape index (κ2) is 13.7. The molecule has 13 atom stereocenters. The third-order valence-electron chi connectivity index (χ3n) is 17.3. The largest absolute Gasteiger partial charge is 0.443 e. The molecule has 5 saturated carbocycles. The van der Waals surface area contributed by atoms with Gasteiger partial charge in [0.25, 0.3) is 0 Å². The van der Waals surface area contributed by atoms with Gasteiger partial charge in [-0.15, -0.1) is 0 Å². The van der Waals surface area contributed by atoms with Crippen LogP contribution in [0.4, 0.5) is 4.79 Å². The highest BCUT2D eigenvalue weighted by Gasteiger charge is 2.83. The van der Waals surface area contributed by atoms with Crippen molar-refractivity contribution in [2.24, 2.45) is 62.6 Å². The van der Waals surface area contributed by atoms with Crippen LogP contribution in [-0.2, 0) is 23.7 Å². The van der Waals surface area contributed by atoms with Crippen molar-refractivity contribution in [3.8, 4) is 0 Å². The normalized spacial score (nSPS) is 43.8. The minimum atomic E-state index is -0.359. The van der Waals surface area contributed by atoms with E-state index >= 15 is 0 Å². The Balaban J connectivity index is 1.05. The van der Waals surface area contributed by atoms with E-state index < -0.39 is 0 Å². The number of ether oxygens (including phenoxy) is 4. The van der Waals surface area contributed by atoms with E-state index in [1.54, 1.807) is 12.0 Å². The summed E-state index contributed by atoms with van der Waals surface area (Å²) in [6.07, 6.45) is 9.74. The van der Waals surface area contributed by atoms with Crippen molar-refractivity contribution in [2.75, 3.05) is 39.9 Å². The molecule has 0 radical (unpaired) electrons. The van der Waals surface area contributed by atoms with Crippen molar-refractivity contribution in [3.63, 3.8) is 0 Å². The number of amides is 2. The van der Waals surface area contributed by atoms with Gasteiger partial charge in [-0.1, -0.05) is 62.3 Å². The van der Waals surface area contributed by atoms with E-state index in [4.69, 9.17) is 18.9 Å². The summed E-state index contributed by atoms with van der Waals surface area (Å²) in [6.45, 7) is 23.7.